The molecule has 0 unspecified atom stereocenters. The molecule has 3 aromatic carbocycles. The number of aryl methyl sites for hydroxylation is 1. The van der Waals surface area contributed by atoms with Crippen LogP contribution in [-0.2, 0) is 24.1 Å². The van der Waals surface area contributed by atoms with Gasteiger partial charge in [0.2, 0.25) is 0 Å². The summed E-state index contributed by atoms with van der Waals surface area (Å²) in [4.78, 5) is 21.3. The number of ether oxygens (including phenoxy) is 1. The standard InChI is InChI=1S/C34H29FN4O2/c35-29-18-16-27(17-19-29)32-33(28-20-22-36-23-21-28)39(24-9-12-26-10-3-1-4-11-26)31(38-32)15-7-8-25-41-34(40)37-30-13-5-2-6-14-30/h1-6,10-11,13-14,16-23H,9,12,15,24-25H2,(H,37,40). The molecule has 7 heteroatoms. The van der Waals surface area contributed by atoms with E-state index >= 15 is 0 Å². The largest absolute Gasteiger partial charge is 0.436 e. The Morgan fingerprint density at radius 3 is 2.29 bits per heavy atom. The molecule has 1 amide bonds. The van der Waals surface area contributed by atoms with Crippen molar-refractivity contribution in [3.63, 3.8) is 0 Å². The van der Waals surface area contributed by atoms with Crippen molar-refractivity contribution in [1.82, 2.24) is 14.5 Å². The molecule has 204 valence electrons. The smallest absolute Gasteiger partial charge is 0.412 e. The highest BCUT2D eigenvalue weighted by atomic mass is 19.1. The lowest BCUT2D eigenvalue weighted by Gasteiger charge is -2.13. The highest BCUT2D eigenvalue weighted by Crippen LogP contribution is 2.33. The predicted octanol–water partition coefficient (Wildman–Crippen LogP) is 7.18. The van der Waals surface area contributed by atoms with E-state index in [1.165, 1.54) is 17.7 Å². The van der Waals surface area contributed by atoms with Crippen LogP contribution in [0.1, 0.15) is 17.8 Å². The van der Waals surface area contributed by atoms with Crippen molar-refractivity contribution in [3.05, 3.63) is 127 Å². The van der Waals surface area contributed by atoms with E-state index < -0.39 is 6.09 Å². The first-order chi connectivity index (χ1) is 20.2. The minimum atomic E-state index is -0.563. The third-order valence-electron chi connectivity index (χ3n) is 6.48. The van der Waals surface area contributed by atoms with Gasteiger partial charge in [0.05, 0.1) is 17.8 Å². The predicted molar refractivity (Wildman–Crippen MR) is 159 cm³/mol. The second-order valence-electron chi connectivity index (χ2n) is 9.31. The summed E-state index contributed by atoms with van der Waals surface area (Å²) in [5, 5.41) is 2.67. The monoisotopic (exact) mass is 544 g/mol. The van der Waals surface area contributed by atoms with E-state index in [9.17, 15) is 9.18 Å². The number of aromatic nitrogens is 3. The van der Waals surface area contributed by atoms with E-state index in [0.29, 0.717) is 18.7 Å². The Bertz CT molecular complexity index is 1630. The van der Waals surface area contributed by atoms with Crippen LogP contribution in [0.25, 0.3) is 22.5 Å². The van der Waals surface area contributed by atoms with Crippen molar-refractivity contribution in [2.75, 3.05) is 11.9 Å². The zero-order chi connectivity index (χ0) is 28.3. The Morgan fingerprint density at radius 2 is 1.56 bits per heavy atom. The normalized spacial score (nSPS) is 10.5. The Hall–Kier alpha value is -5.22. The first-order valence-electron chi connectivity index (χ1n) is 13.4. The summed E-state index contributed by atoms with van der Waals surface area (Å²) in [5.41, 5.74) is 5.39. The molecule has 0 saturated carbocycles. The quantitative estimate of drug-likeness (QED) is 0.200. The lowest BCUT2D eigenvalue weighted by molar-refractivity contribution is 0.176. The number of nitrogens with zero attached hydrogens (tertiary/aromatic N) is 3. The molecule has 0 aliphatic carbocycles. The maximum absolute atomic E-state index is 13.8. The summed E-state index contributed by atoms with van der Waals surface area (Å²) in [6.07, 6.45) is 5.10. The number of carbonyl (C=O) groups is 1. The van der Waals surface area contributed by atoms with Gasteiger partial charge in [-0.2, -0.15) is 0 Å². The fraction of sp³-hybridized carbons (Fsp3) is 0.147. The third-order valence-corrected chi connectivity index (χ3v) is 6.48. The zero-order valence-electron chi connectivity index (χ0n) is 22.5. The number of imidazole rings is 1. The molecule has 0 radical (unpaired) electrons. The highest BCUT2D eigenvalue weighted by Gasteiger charge is 2.20. The Kier molecular flexibility index (Phi) is 9.15. The van der Waals surface area contributed by atoms with Gasteiger partial charge in [-0.3, -0.25) is 10.3 Å². The first-order valence-corrected chi connectivity index (χ1v) is 13.4. The molecule has 1 N–H and O–H groups in total. The van der Waals surface area contributed by atoms with E-state index in [1.807, 2.05) is 48.5 Å². The maximum Gasteiger partial charge on any atom is 0.412 e. The molecular weight excluding hydrogens is 515 g/mol. The number of rotatable bonds is 9. The van der Waals surface area contributed by atoms with Crippen LogP contribution in [0, 0.1) is 17.7 Å². The van der Waals surface area contributed by atoms with Crippen LogP contribution in [0.5, 0.6) is 0 Å². The molecule has 0 spiro atoms. The second-order valence-corrected chi connectivity index (χ2v) is 9.31. The van der Waals surface area contributed by atoms with Crippen LogP contribution >= 0.6 is 0 Å². The fourth-order valence-electron chi connectivity index (χ4n) is 4.54. The summed E-state index contributed by atoms with van der Waals surface area (Å²) in [7, 11) is 0. The molecule has 0 atom stereocenters. The number of amides is 1. The van der Waals surface area contributed by atoms with Gasteiger partial charge >= 0.3 is 6.09 Å². The van der Waals surface area contributed by atoms with E-state index in [0.717, 1.165) is 41.2 Å². The molecule has 0 bridgehead atoms. The Morgan fingerprint density at radius 1 is 0.854 bits per heavy atom. The Balaban J connectivity index is 1.39. The van der Waals surface area contributed by atoms with Gasteiger partial charge in [0, 0.05) is 35.8 Å². The van der Waals surface area contributed by atoms with Crippen LogP contribution in [0.2, 0.25) is 0 Å². The third kappa shape index (κ3) is 7.46. The van der Waals surface area contributed by atoms with Crippen molar-refractivity contribution in [3.8, 4) is 34.4 Å². The van der Waals surface area contributed by atoms with Crippen LogP contribution < -0.4 is 5.32 Å². The number of hydrogen-bond acceptors (Lipinski definition) is 4. The molecule has 0 aliphatic rings. The summed E-state index contributed by atoms with van der Waals surface area (Å²) >= 11 is 0. The maximum atomic E-state index is 13.8. The number of pyridine rings is 1. The first kappa shape index (κ1) is 27.4. The molecular formula is C34H29FN4O2. The number of para-hydroxylation sites is 1. The van der Waals surface area contributed by atoms with Crippen LogP contribution in [-0.4, -0.2) is 27.2 Å². The van der Waals surface area contributed by atoms with E-state index in [2.05, 4.69) is 38.8 Å². The molecule has 2 aromatic heterocycles. The topological polar surface area (TPSA) is 69.0 Å². The van der Waals surface area contributed by atoms with Crippen LogP contribution in [0.15, 0.2) is 109 Å². The highest BCUT2D eigenvalue weighted by molar-refractivity contribution is 5.84. The molecule has 0 saturated heterocycles. The van der Waals surface area contributed by atoms with Crippen molar-refractivity contribution in [1.29, 1.82) is 0 Å². The van der Waals surface area contributed by atoms with Gasteiger partial charge in [-0.1, -0.05) is 60.4 Å². The van der Waals surface area contributed by atoms with E-state index in [1.54, 1.807) is 36.7 Å². The fourth-order valence-corrected chi connectivity index (χ4v) is 4.54. The Labute approximate surface area is 238 Å². The molecule has 6 nitrogen and oxygen atoms in total. The molecule has 5 aromatic rings. The summed E-state index contributed by atoms with van der Waals surface area (Å²) in [5.74, 6) is 6.52. The molecule has 41 heavy (non-hydrogen) atoms. The summed E-state index contributed by atoms with van der Waals surface area (Å²) in [6, 6.07) is 29.7. The van der Waals surface area contributed by atoms with Crippen molar-refractivity contribution in [2.24, 2.45) is 0 Å². The number of halogens is 1. The lowest BCUT2D eigenvalue weighted by Crippen LogP contribution is -2.13. The summed E-state index contributed by atoms with van der Waals surface area (Å²) in [6.45, 7) is 0.670. The molecule has 0 fully saturated rings. The van der Waals surface area contributed by atoms with Gasteiger partial charge in [0.1, 0.15) is 11.6 Å². The SMILES string of the molecule is O=C(Nc1ccccc1)OCC#CCc1nc(-c2ccc(F)cc2)c(-c2ccncc2)n1CCCc1ccccc1. The molecule has 0 aliphatic heterocycles. The molecule has 2 heterocycles. The van der Waals surface area contributed by atoms with Crippen molar-refractivity contribution < 1.29 is 13.9 Å². The van der Waals surface area contributed by atoms with Gasteiger partial charge < -0.3 is 9.30 Å². The number of carbonyl (C=O) groups excluding carboxylic acids is 1. The number of anilines is 1. The second kappa shape index (κ2) is 13.7. The number of benzene rings is 3. The average molecular weight is 545 g/mol. The zero-order valence-corrected chi connectivity index (χ0v) is 22.5. The van der Waals surface area contributed by atoms with Crippen molar-refractivity contribution >= 4 is 11.8 Å². The van der Waals surface area contributed by atoms with Gasteiger partial charge in [0.25, 0.3) is 0 Å². The lowest BCUT2D eigenvalue weighted by atomic mass is 10.1. The van der Waals surface area contributed by atoms with Gasteiger partial charge in [-0.25, -0.2) is 14.2 Å². The van der Waals surface area contributed by atoms with Crippen LogP contribution in [0.3, 0.4) is 0 Å². The number of nitrogens with one attached hydrogen (secondary N) is 1. The number of hydrogen-bond donors (Lipinski definition) is 1. The van der Waals surface area contributed by atoms with Gasteiger partial charge in [-0.15, -0.1) is 0 Å². The minimum absolute atomic E-state index is 0.0462. The van der Waals surface area contributed by atoms with E-state index in [4.69, 9.17) is 9.72 Å². The van der Waals surface area contributed by atoms with Crippen LogP contribution in [0.4, 0.5) is 14.9 Å². The molecule has 5 rings (SSSR count). The average Bonchev–Trinajstić information content (AvgIpc) is 3.37. The summed E-state index contributed by atoms with van der Waals surface area (Å²) < 4.78 is 21.2. The van der Waals surface area contributed by atoms with Gasteiger partial charge in [-0.05, 0) is 66.9 Å². The van der Waals surface area contributed by atoms with E-state index in [-0.39, 0.29) is 12.4 Å². The van der Waals surface area contributed by atoms with Crippen molar-refractivity contribution in [2.45, 2.75) is 25.8 Å². The van der Waals surface area contributed by atoms with Gasteiger partial charge in [0.15, 0.2) is 6.61 Å². The minimum Gasteiger partial charge on any atom is -0.436 e.